The van der Waals surface area contributed by atoms with E-state index < -0.39 is 0 Å². The number of likely N-dealkylation sites (N-methyl/N-ethyl adjacent to an activating group) is 1. The minimum absolute atomic E-state index is 0.0793. The van der Waals surface area contributed by atoms with E-state index in [0.29, 0.717) is 32.7 Å². The fourth-order valence-corrected chi connectivity index (χ4v) is 3.59. The molecule has 0 aromatic carbocycles. The molecule has 0 atom stereocenters. The summed E-state index contributed by atoms with van der Waals surface area (Å²) in [4.78, 5) is 35.1. The molecular formula is C21H31N7O2. The van der Waals surface area contributed by atoms with Gasteiger partial charge >= 0.3 is 6.03 Å². The molecule has 162 valence electrons. The maximum Gasteiger partial charge on any atom is 0.317 e. The largest absolute Gasteiger partial charge is 0.342 e. The third kappa shape index (κ3) is 5.79. The molecule has 3 amide bonds. The van der Waals surface area contributed by atoms with E-state index in [4.69, 9.17) is 0 Å². The third-order valence-corrected chi connectivity index (χ3v) is 5.34. The molecule has 2 aromatic rings. The fraction of sp³-hybridized carbons (Fsp3) is 0.524. The zero-order valence-corrected chi connectivity index (χ0v) is 17.8. The topological polar surface area (TPSA) is 86.6 Å². The first-order chi connectivity index (χ1) is 14.6. The van der Waals surface area contributed by atoms with Gasteiger partial charge in [-0.1, -0.05) is 0 Å². The molecule has 1 fully saturated rings. The average Bonchev–Trinajstić information content (AvgIpc) is 3.20. The molecular weight excluding hydrogens is 382 g/mol. The second-order valence-corrected chi connectivity index (χ2v) is 7.31. The van der Waals surface area contributed by atoms with Crippen LogP contribution < -0.4 is 5.32 Å². The van der Waals surface area contributed by atoms with Crippen LogP contribution in [0.15, 0.2) is 36.8 Å². The molecule has 0 bridgehead atoms. The van der Waals surface area contributed by atoms with Crippen LogP contribution in [0, 0.1) is 0 Å². The second-order valence-electron chi connectivity index (χ2n) is 7.31. The summed E-state index contributed by atoms with van der Waals surface area (Å²) in [6.45, 7) is 9.15. The summed E-state index contributed by atoms with van der Waals surface area (Å²) in [5.74, 6) is 0.874. The Morgan fingerprint density at radius 3 is 2.70 bits per heavy atom. The number of nitrogens with one attached hydrogen (secondary N) is 1. The van der Waals surface area contributed by atoms with Crippen molar-refractivity contribution in [3.8, 4) is 5.82 Å². The van der Waals surface area contributed by atoms with E-state index in [1.807, 2.05) is 48.0 Å². The smallest absolute Gasteiger partial charge is 0.317 e. The number of rotatable bonds is 7. The van der Waals surface area contributed by atoms with Crippen LogP contribution in [0.4, 0.5) is 4.79 Å². The van der Waals surface area contributed by atoms with Gasteiger partial charge in [0.25, 0.3) is 0 Å². The summed E-state index contributed by atoms with van der Waals surface area (Å²) >= 11 is 0. The number of hydrogen-bond acceptors (Lipinski definition) is 5. The van der Waals surface area contributed by atoms with Crippen molar-refractivity contribution < 1.29 is 9.59 Å². The lowest BCUT2D eigenvalue weighted by atomic mass is 10.2. The first kappa shape index (κ1) is 21.8. The van der Waals surface area contributed by atoms with Gasteiger partial charge in [0.15, 0.2) is 5.82 Å². The number of amides is 3. The van der Waals surface area contributed by atoms with Crippen molar-refractivity contribution >= 4 is 11.9 Å². The first-order valence-electron chi connectivity index (χ1n) is 10.6. The second kappa shape index (κ2) is 10.7. The van der Waals surface area contributed by atoms with Crippen molar-refractivity contribution in [1.29, 1.82) is 0 Å². The third-order valence-electron chi connectivity index (χ3n) is 5.34. The van der Waals surface area contributed by atoms with Crippen molar-refractivity contribution in [2.24, 2.45) is 0 Å². The van der Waals surface area contributed by atoms with E-state index in [-0.39, 0.29) is 11.9 Å². The van der Waals surface area contributed by atoms with Crippen LogP contribution in [0.5, 0.6) is 0 Å². The van der Waals surface area contributed by atoms with Crippen LogP contribution in [0.25, 0.3) is 5.82 Å². The first-order valence-corrected chi connectivity index (χ1v) is 10.6. The quantitative estimate of drug-likeness (QED) is 0.741. The Bertz CT molecular complexity index is 821. The van der Waals surface area contributed by atoms with Gasteiger partial charge in [-0.25, -0.2) is 14.5 Å². The summed E-state index contributed by atoms with van der Waals surface area (Å²) in [5, 5.41) is 7.18. The van der Waals surface area contributed by atoms with Gasteiger partial charge in [0.1, 0.15) is 0 Å². The Hall–Kier alpha value is -2.94. The van der Waals surface area contributed by atoms with Gasteiger partial charge in [-0.2, -0.15) is 5.10 Å². The Kier molecular flexibility index (Phi) is 7.78. The molecule has 9 heteroatoms. The van der Waals surface area contributed by atoms with Crippen LogP contribution in [0.2, 0.25) is 0 Å². The van der Waals surface area contributed by atoms with Crippen molar-refractivity contribution in [3.63, 3.8) is 0 Å². The van der Waals surface area contributed by atoms with Crippen molar-refractivity contribution in [2.45, 2.75) is 26.8 Å². The van der Waals surface area contributed by atoms with Crippen LogP contribution in [0.1, 0.15) is 25.8 Å². The van der Waals surface area contributed by atoms with Crippen molar-refractivity contribution in [2.75, 3.05) is 45.8 Å². The standard InChI is InChI=1S/C21H31N7O2/c1-3-26(4-2)20(29)17-25-10-6-11-27(14-13-25)21(30)23-16-18-7-9-22-19(15-18)28-12-5-8-24-28/h5,7-9,12,15H,3-4,6,10-11,13-14,16-17H2,1-2H3,(H,23,30). The lowest BCUT2D eigenvalue weighted by Gasteiger charge is -2.25. The van der Waals surface area contributed by atoms with E-state index in [2.05, 4.69) is 20.3 Å². The highest BCUT2D eigenvalue weighted by Crippen LogP contribution is 2.08. The Labute approximate surface area is 177 Å². The van der Waals surface area contributed by atoms with Gasteiger partial charge in [-0.3, -0.25) is 9.69 Å². The molecule has 3 heterocycles. The fourth-order valence-electron chi connectivity index (χ4n) is 3.59. The zero-order chi connectivity index (χ0) is 21.3. The number of carbonyl (C=O) groups excluding carboxylic acids is 2. The van der Waals surface area contributed by atoms with Gasteiger partial charge in [0, 0.05) is 64.4 Å². The highest BCUT2D eigenvalue weighted by atomic mass is 16.2. The molecule has 2 aromatic heterocycles. The lowest BCUT2D eigenvalue weighted by molar-refractivity contribution is -0.132. The summed E-state index contributed by atoms with van der Waals surface area (Å²) in [7, 11) is 0. The van der Waals surface area contributed by atoms with Crippen molar-refractivity contribution in [3.05, 3.63) is 42.4 Å². The Morgan fingerprint density at radius 2 is 1.97 bits per heavy atom. The van der Waals surface area contributed by atoms with E-state index in [1.54, 1.807) is 17.1 Å². The lowest BCUT2D eigenvalue weighted by Crippen LogP contribution is -2.43. The minimum Gasteiger partial charge on any atom is -0.342 e. The molecule has 3 rings (SSSR count). The maximum atomic E-state index is 12.7. The van der Waals surface area contributed by atoms with Crippen LogP contribution >= 0.6 is 0 Å². The van der Waals surface area contributed by atoms with Gasteiger partial charge in [0.05, 0.1) is 6.54 Å². The average molecular weight is 414 g/mol. The molecule has 0 spiro atoms. The predicted molar refractivity (Wildman–Crippen MR) is 114 cm³/mol. The molecule has 0 saturated carbocycles. The summed E-state index contributed by atoms with van der Waals surface area (Å²) in [6, 6.07) is 5.56. The van der Waals surface area contributed by atoms with Gasteiger partial charge in [-0.15, -0.1) is 0 Å². The SMILES string of the molecule is CCN(CC)C(=O)CN1CCCN(C(=O)NCc2ccnc(-n3cccn3)c2)CC1. The van der Waals surface area contributed by atoms with E-state index in [1.165, 1.54) is 0 Å². The normalized spacial score (nSPS) is 14.9. The number of nitrogens with zero attached hydrogens (tertiary/aromatic N) is 6. The molecule has 1 aliphatic rings. The summed E-state index contributed by atoms with van der Waals surface area (Å²) < 4.78 is 1.69. The number of aromatic nitrogens is 3. The van der Waals surface area contributed by atoms with Crippen LogP contribution in [-0.2, 0) is 11.3 Å². The Balaban J connectivity index is 1.48. The molecule has 9 nitrogen and oxygen atoms in total. The number of pyridine rings is 1. The van der Waals surface area contributed by atoms with E-state index >= 15 is 0 Å². The molecule has 0 aliphatic carbocycles. The summed E-state index contributed by atoms with van der Waals surface area (Å²) in [6.07, 6.45) is 6.11. The number of carbonyl (C=O) groups is 2. The summed E-state index contributed by atoms with van der Waals surface area (Å²) in [5.41, 5.74) is 0.963. The molecule has 30 heavy (non-hydrogen) atoms. The molecule has 1 aliphatic heterocycles. The monoisotopic (exact) mass is 413 g/mol. The van der Waals surface area contributed by atoms with E-state index in [0.717, 1.165) is 37.4 Å². The van der Waals surface area contributed by atoms with Gasteiger partial charge in [0.2, 0.25) is 5.91 Å². The Morgan fingerprint density at radius 1 is 1.13 bits per heavy atom. The molecule has 0 unspecified atom stereocenters. The highest BCUT2D eigenvalue weighted by molar-refractivity contribution is 5.78. The maximum absolute atomic E-state index is 12.7. The van der Waals surface area contributed by atoms with Crippen LogP contribution in [0.3, 0.4) is 0 Å². The van der Waals surface area contributed by atoms with E-state index in [9.17, 15) is 9.59 Å². The number of urea groups is 1. The molecule has 0 radical (unpaired) electrons. The molecule has 1 saturated heterocycles. The zero-order valence-electron chi connectivity index (χ0n) is 17.8. The highest BCUT2D eigenvalue weighted by Gasteiger charge is 2.21. The molecule has 1 N–H and O–H groups in total. The van der Waals surface area contributed by atoms with Crippen LogP contribution in [-0.4, -0.2) is 87.2 Å². The number of hydrogen-bond donors (Lipinski definition) is 1. The van der Waals surface area contributed by atoms with Gasteiger partial charge in [-0.05, 0) is 44.0 Å². The van der Waals surface area contributed by atoms with Gasteiger partial charge < -0.3 is 15.1 Å². The van der Waals surface area contributed by atoms with Crippen molar-refractivity contribution in [1.82, 2.24) is 34.8 Å². The minimum atomic E-state index is -0.0793. The predicted octanol–water partition coefficient (Wildman–Crippen LogP) is 1.35.